The summed E-state index contributed by atoms with van der Waals surface area (Å²) in [5, 5.41) is 0. The Kier molecular flexibility index (Phi) is 20.4. The molecular weight excluding hydrogens is 376 g/mol. The largest absolute Gasteiger partial charge is 0.466 e. The fourth-order valence-electron chi connectivity index (χ4n) is 3.34. The number of esters is 2. The number of carbonyl (C=O) groups is 2. The third-order valence-corrected chi connectivity index (χ3v) is 5.80. The second kappa shape index (κ2) is 21.2. The Morgan fingerprint density at radius 3 is 1.43 bits per heavy atom. The Morgan fingerprint density at radius 2 is 1.00 bits per heavy atom. The van der Waals surface area contributed by atoms with Crippen LogP contribution in [0.2, 0.25) is 0 Å². The highest BCUT2D eigenvalue weighted by molar-refractivity contribution is 5.77. The summed E-state index contributed by atoms with van der Waals surface area (Å²) in [4.78, 5) is 23.3. The normalized spacial score (nSPS) is 12.2. The summed E-state index contributed by atoms with van der Waals surface area (Å²) in [7, 11) is 0. The summed E-state index contributed by atoms with van der Waals surface area (Å²) in [5.41, 5.74) is 0. The molecule has 0 N–H and O–H groups in total. The minimum Gasteiger partial charge on any atom is -0.466 e. The van der Waals surface area contributed by atoms with Gasteiger partial charge >= 0.3 is 11.9 Å². The number of hydrogen-bond donors (Lipinski definition) is 0. The average Bonchev–Trinajstić information content (AvgIpc) is 2.71. The number of unbranched alkanes of at least 4 members (excludes halogenated alkanes) is 14. The van der Waals surface area contributed by atoms with Crippen molar-refractivity contribution in [1.29, 1.82) is 0 Å². The smallest absolute Gasteiger partial charge is 0.306 e. The lowest BCUT2D eigenvalue weighted by molar-refractivity contribution is -0.154. The first-order valence-corrected chi connectivity index (χ1v) is 12.8. The maximum atomic E-state index is 11.7. The summed E-state index contributed by atoms with van der Waals surface area (Å²) in [5.74, 6) is -0.333. The van der Waals surface area contributed by atoms with E-state index in [9.17, 15) is 9.59 Å². The number of ether oxygens (including phenoxy) is 2. The second-order valence-corrected chi connectivity index (χ2v) is 9.11. The highest BCUT2D eigenvalue weighted by Crippen LogP contribution is 2.13. The van der Waals surface area contributed by atoms with Crippen molar-refractivity contribution in [3.63, 3.8) is 0 Å². The summed E-state index contributed by atoms with van der Waals surface area (Å²) in [6, 6.07) is 0. The summed E-state index contributed by atoms with van der Waals surface area (Å²) in [6.07, 6.45) is 19.9. The third kappa shape index (κ3) is 20.2. The van der Waals surface area contributed by atoms with Crippen molar-refractivity contribution in [2.45, 2.75) is 143 Å². The van der Waals surface area contributed by atoms with Gasteiger partial charge < -0.3 is 9.47 Å². The lowest BCUT2D eigenvalue weighted by Gasteiger charge is -2.16. The standard InChI is InChI=1S/C26H50O4/c1-5-6-7-8-9-10-11-12-13-14-15-16-17-18-19-22-29-25(27)20-21-26(28)30-24(4)23(2)3/h23-24H,5-22H2,1-4H3. The molecule has 0 rings (SSSR count). The molecule has 0 heterocycles. The zero-order valence-corrected chi connectivity index (χ0v) is 20.5. The number of hydrogen-bond acceptors (Lipinski definition) is 4. The van der Waals surface area contributed by atoms with Gasteiger partial charge in [-0.3, -0.25) is 9.59 Å². The van der Waals surface area contributed by atoms with Crippen LogP contribution in [-0.2, 0) is 19.1 Å². The van der Waals surface area contributed by atoms with Gasteiger partial charge in [-0.2, -0.15) is 0 Å². The van der Waals surface area contributed by atoms with Crippen molar-refractivity contribution in [2.24, 2.45) is 5.92 Å². The van der Waals surface area contributed by atoms with Crippen LogP contribution in [-0.4, -0.2) is 24.6 Å². The van der Waals surface area contributed by atoms with Gasteiger partial charge in [-0.15, -0.1) is 0 Å². The molecule has 0 aliphatic carbocycles. The summed E-state index contributed by atoms with van der Waals surface area (Å²) < 4.78 is 10.5. The third-order valence-electron chi connectivity index (χ3n) is 5.80. The molecule has 0 fully saturated rings. The van der Waals surface area contributed by atoms with Crippen molar-refractivity contribution in [2.75, 3.05) is 6.61 Å². The van der Waals surface area contributed by atoms with Crippen LogP contribution in [0, 0.1) is 5.92 Å². The summed E-state index contributed by atoms with van der Waals surface area (Å²) in [6.45, 7) is 8.62. The molecule has 4 heteroatoms. The van der Waals surface area contributed by atoms with Gasteiger partial charge in [0.25, 0.3) is 0 Å². The molecule has 4 nitrogen and oxygen atoms in total. The molecule has 0 bridgehead atoms. The molecule has 0 aromatic carbocycles. The second-order valence-electron chi connectivity index (χ2n) is 9.11. The van der Waals surface area contributed by atoms with E-state index in [1.807, 2.05) is 20.8 Å². The average molecular weight is 427 g/mol. The van der Waals surface area contributed by atoms with Gasteiger partial charge in [-0.25, -0.2) is 0 Å². The number of carbonyl (C=O) groups excluding carboxylic acids is 2. The molecule has 1 unspecified atom stereocenters. The van der Waals surface area contributed by atoms with E-state index in [1.165, 1.54) is 83.5 Å². The predicted octanol–water partition coefficient (Wildman–Crippen LogP) is 7.77. The predicted molar refractivity (Wildman–Crippen MR) is 126 cm³/mol. The van der Waals surface area contributed by atoms with Gasteiger partial charge in [0.15, 0.2) is 0 Å². The van der Waals surface area contributed by atoms with Gasteiger partial charge in [0.05, 0.1) is 19.4 Å². The lowest BCUT2D eigenvalue weighted by Crippen LogP contribution is -2.20. The van der Waals surface area contributed by atoms with Crippen molar-refractivity contribution in [1.82, 2.24) is 0 Å². The van der Waals surface area contributed by atoms with E-state index in [-0.39, 0.29) is 36.8 Å². The highest BCUT2D eigenvalue weighted by Gasteiger charge is 2.14. The van der Waals surface area contributed by atoms with E-state index >= 15 is 0 Å². The topological polar surface area (TPSA) is 52.6 Å². The molecule has 1 atom stereocenters. The van der Waals surface area contributed by atoms with Gasteiger partial charge in [-0.05, 0) is 19.3 Å². The molecule has 0 saturated carbocycles. The molecular formula is C26H50O4. The zero-order valence-electron chi connectivity index (χ0n) is 20.5. The Bertz CT molecular complexity index is 406. The van der Waals surface area contributed by atoms with Crippen LogP contribution in [0.3, 0.4) is 0 Å². The maximum absolute atomic E-state index is 11.7. The Hall–Kier alpha value is -1.06. The number of rotatable bonds is 21. The maximum Gasteiger partial charge on any atom is 0.306 e. The van der Waals surface area contributed by atoms with Crippen molar-refractivity contribution in [3.8, 4) is 0 Å². The van der Waals surface area contributed by atoms with Crippen LogP contribution >= 0.6 is 0 Å². The van der Waals surface area contributed by atoms with E-state index in [4.69, 9.17) is 9.47 Å². The van der Waals surface area contributed by atoms with Gasteiger partial charge in [-0.1, -0.05) is 111 Å². The van der Waals surface area contributed by atoms with E-state index in [1.54, 1.807) is 0 Å². The van der Waals surface area contributed by atoms with E-state index in [0.29, 0.717) is 6.61 Å². The fourth-order valence-corrected chi connectivity index (χ4v) is 3.34. The molecule has 0 spiro atoms. The molecule has 0 aliphatic rings. The molecule has 0 amide bonds. The summed E-state index contributed by atoms with van der Waals surface area (Å²) >= 11 is 0. The highest BCUT2D eigenvalue weighted by atomic mass is 16.5. The van der Waals surface area contributed by atoms with Crippen LogP contribution in [0.1, 0.15) is 137 Å². The van der Waals surface area contributed by atoms with Crippen LogP contribution < -0.4 is 0 Å². The van der Waals surface area contributed by atoms with Crippen LogP contribution in [0.15, 0.2) is 0 Å². The quantitative estimate of drug-likeness (QED) is 0.139. The monoisotopic (exact) mass is 426 g/mol. The van der Waals surface area contributed by atoms with Crippen molar-refractivity contribution < 1.29 is 19.1 Å². The van der Waals surface area contributed by atoms with Gasteiger partial charge in [0.2, 0.25) is 0 Å². The van der Waals surface area contributed by atoms with Gasteiger partial charge in [0.1, 0.15) is 6.10 Å². The molecule has 0 aliphatic heterocycles. The Labute approximate surface area is 186 Å². The minimum atomic E-state index is -0.319. The van der Waals surface area contributed by atoms with Crippen molar-refractivity contribution in [3.05, 3.63) is 0 Å². The molecule has 30 heavy (non-hydrogen) atoms. The fraction of sp³-hybridized carbons (Fsp3) is 0.923. The first kappa shape index (κ1) is 28.9. The van der Waals surface area contributed by atoms with Crippen molar-refractivity contribution >= 4 is 11.9 Å². The van der Waals surface area contributed by atoms with Crippen LogP contribution in [0.25, 0.3) is 0 Å². The Balaban J connectivity index is 3.30. The molecule has 0 aromatic rings. The van der Waals surface area contributed by atoms with E-state index in [2.05, 4.69) is 6.92 Å². The van der Waals surface area contributed by atoms with Gasteiger partial charge in [0, 0.05) is 0 Å². The SMILES string of the molecule is CCCCCCCCCCCCCCCCCOC(=O)CCC(=O)OC(C)C(C)C. The first-order valence-electron chi connectivity index (χ1n) is 12.8. The molecule has 178 valence electrons. The zero-order chi connectivity index (χ0) is 22.5. The molecule has 0 saturated heterocycles. The van der Waals surface area contributed by atoms with Crippen LogP contribution in [0.5, 0.6) is 0 Å². The van der Waals surface area contributed by atoms with E-state index < -0.39 is 0 Å². The van der Waals surface area contributed by atoms with Crippen LogP contribution in [0.4, 0.5) is 0 Å². The molecule has 0 aromatic heterocycles. The Morgan fingerprint density at radius 1 is 0.600 bits per heavy atom. The minimum absolute atomic E-state index is 0.106. The lowest BCUT2D eigenvalue weighted by atomic mass is 10.0. The molecule has 0 radical (unpaired) electrons. The van der Waals surface area contributed by atoms with E-state index in [0.717, 1.165) is 12.8 Å². The first-order chi connectivity index (χ1) is 14.5.